The minimum absolute atomic E-state index is 0.0476. The van der Waals surface area contributed by atoms with Crippen LogP contribution in [0.4, 0.5) is 0 Å². The highest BCUT2D eigenvalue weighted by molar-refractivity contribution is 5.07. The Balaban J connectivity index is 2.01. The van der Waals surface area contributed by atoms with Crippen molar-refractivity contribution in [2.24, 2.45) is 0 Å². The van der Waals surface area contributed by atoms with Crippen LogP contribution in [-0.4, -0.2) is 32.5 Å². The average molecular weight is 225 g/mol. The van der Waals surface area contributed by atoms with Crippen molar-refractivity contribution in [1.82, 2.24) is 5.32 Å². The summed E-state index contributed by atoms with van der Waals surface area (Å²) in [4.78, 5) is 0. The van der Waals surface area contributed by atoms with E-state index in [2.05, 4.69) is 12.2 Å². The molecule has 1 aliphatic heterocycles. The summed E-state index contributed by atoms with van der Waals surface area (Å²) in [5, 5.41) is 3.44. The van der Waals surface area contributed by atoms with Crippen molar-refractivity contribution in [1.29, 1.82) is 0 Å². The molecule has 0 radical (unpaired) electrons. The van der Waals surface area contributed by atoms with Crippen LogP contribution in [0.3, 0.4) is 0 Å². The Bertz CT molecular complexity index is 280. The quantitative estimate of drug-likeness (QED) is 0.829. The van der Waals surface area contributed by atoms with Crippen LogP contribution in [0.5, 0.6) is 0 Å². The van der Waals surface area contributed by atoms with Crippen molar-refractivity contribution >= 4 is 0 Å². The fourth-order valence-electron chi connectivity index (χ4n) is 1.88. The standard InChI is InChI=1S/C12H19NO3/c1-2-5-13-12(10-4-3-6-15-10)11-9-14-7-8-16-11/h3-4,6,11-13H,2,5,7-9H2,1H3. The van der Waals surface area contributed by atoms with E-state index in [9.17, 15) is 0 Å². The van der Waals surface area contributed by atoms with E-state index in [-0.39, 0.29) is 12.1 Å². The highest BCUT2D eigenvalue weighted by atomic mass is 16.6. The van der Waals surface area contributed by atoms with Crippen LogP contribution in [0.2, 0.25) is 0 Å². The highest BCUT2D eigenvalue weighted by Crippen LogP contribution is 2.22. The van der Waals surface area contributed by atoms with Gasteiger partial charge in [-0.1, -0.05) is 6.92 Å². The third-order valence-electron chi connectivity index (χ3n) is 2.68. The molecule has 0 spiro atoms. The summed E-state index contributed by atoms with van der Waals surface area (Å²) in [6.07, 6.45) is 2.83. The highest BCUT2D eigenvalue weighted by Gasteiger charge is 2.27. The average Bonchev–Trinajstić information content (AvgIpc) is 2.85. The van der Waals surface area contributed by atoms with Gasteiger partial charge < -0.3 is 19.2 Å². The summed E-state index contributed by atoms with van der Waals surface area (Å²) in [5.41, 5.74) is 0. The first-order chi connectivity index (χ1) is 7.92. The van der Waals surface area contributed by atoms with Crippen molar-refractivity contribution in [3.05, 3.63) is 24.2 Å². The van der Waals surface area contributed by atoms with Crippen LogP contribution < -0.4 is 5.32 Å². The largest absolute Gasteiger partial charge is 0.468 e. The Morgan fingerprint density at radius 2 is 2.44 bits per heavy atom. The molecule has 0 aromatic carbocycles. The topological polar surface area (TPSA) is 43.6 Å². The van der Waals surface area contributed by atoms with Crippen molar-refractivity contribution < 1.29 is 13.9 Å². The molecule has 1 N–H and O–H groups in total. The molecular formula is C12H19NO3. The smallest absolute Gasteiger partial charge is 0.123 e. The number of ether oxygens (including phenoxy) is 2. The molecule has 1 saturated heterocycles. The second-order valence-corrected chi connectivity index (χ2v) is 3.93. The number of furan rings is 1. The maximum atomic E-state index is 5.71. The van der Waals surface area contributed by atoms with Gasteiger partial charge in [0.05, 0.1) is 32.1 Å². The molecule has 4 nitrogen and oxygen atoms in total. The third kappa shape index (κ3) is 2.84. The molecule has 0 amide bonds. The van der Waals surface area contributed by atoms with Gasteiger partial charge in [-0.15, -0.1) is 0 Å². The Kier molecular flexibility index (Phi) is 4.39. The van der Waals surface area contributed by atoms with Crippen LogP contribution in [0.1, 0.15) is 25.1 Å². The van der Waals surface area contributed by atoms with Gasteiger partial charge in [-0.3, -0.25) is 0 Å². The minimum atomic E-state index is 0.0476. The van der Waals surface area contributed by atoms with E-state index in [1.807, 2.05) is 12.1 Å². The second kappa shape index (κ2) is 6.03. The lowest BCUT2D eigenvalue weighted by atomic mass is 10.1. The van der Waals surface area contributed by atoms with Crippen LogP contribution in [-0.2, 0) is 9.47 Å². The van der Waals surface area contributed by atoms with Gasteiger partial charge in [0.1, 0.15) is 11.9 Å². The Hall–Kier alpha value is -0.840. The Morgan fingerprint density at radius 3 is 3.06 bits per heavy atom. The van der Waals surface area contributed by atoms with Crippen molar-refractivity contribution in [2.75, 3.05) is 26.4 Å². The van der Waals surface area contributed by atoms with E-state index in [0.29, 0.717) is 19.8 Å². The predicted molar refractivity (Wildman–Crippen MR) is 60.3 cm³/mol. The molecule has 0 saturated carbocycles. The van der Waals surface area contributed by atoms with E-state index in [1.54, 1.807) is 6.26 Å². The number of nitrogens with one attached hydrogen (secondary N) is 1. The summed E-state index contributed by atoms with van der Waals surface area (Å²) < 4.78 is 16.6. The maximum absolute atomic E-state index is 5.71. The van der Waals surface area contributed by atoms with Gasteiger partial charge >= 0.3 is 0 Å². The van der Waals surface area contributed by atoms with Crippen LogP contribution >= 0.6 is 0 Å². The number of hydrogen-bond donors (Lipinski definition) is 1. The first-order valence-electron chi connectivity index (χ1n) is 5.88. The minimum Gasteiger partial charge on any atom is -0.468 e. The lowest BCUT2D eigenvalue weighted by molar-refractivity contribution is -0.104. The molecule has 1 aromatic rings. The fourth-order valence-corrected chi connectivity index (χ4v) is 1.88. The van der Waals surface area contributed by atoms with Crippen molar-refractivity contribution in [3.8, 4) is 0 Å². The zero-order chi connectivity index (χ0) is 11.2. The Labute approximate surface area is 95.9 Å². The predicted octanol–water partition coefficient (Wildman–Crippen LogP) is 1.74. The van der Waals surface area contributed by atoms with Crippen LogP contribution in [0.25, 0.3) is 0 Å². The molecular weight excluding hydrogens is 206 g/mol. The first-order valence-corrected chi connectivity index (χ1v) is 5.88. The number of rotatable bonds is 5. The molecule has 4 heteroatoms. The lowest BCUT2D eigenvalue weighted by Crippen LogP contribution is -2.40. The molecule has 2 atom stereocenters. The van der Waals surface area contributed by atoms with Gasteiger partial charge in [0.25, 0.3) is 0 Å². The summed E-state index contributed by atoms with van der Waals surface area (Å²) in [5.74, 6) is 0.920. The normalized spacial score (nSPS) is 23.2. The molecule has 2 unspecified atom stereocenters. The van der Waals surface area contributed by atoms with Gasteiger partial charge in [0.2, 0.25) is 0 Å². The summed E-state index contributed by atoms with van der Waals surface area (Å²) in [6, 6.07) is 3.97. The fraction of sp³-hybridized carbons (Fsp3) is 0.667. The van der Waals surface area contributed by atoms with E-state index in [1.165, 1.54) is 0 Å². The summed E-state index contributed by atoms with van der Waals surface area (Å²) in [7, 11) is 0. The zero-order valence-corrected chi connectivity index (χ0v) is 9.65. The van der Waals surface area contributed by atoms with Crippen molar-refractivity contribution in [3.63, 3.8) is 0 Å². The molecule has 90 valence electrons. The SMILES string of the molecule is CCCNC(c1ccco1)C1COCCO1. The van der Waals surface area contributed by atoms with Crippen molar-refractivity contribution in [2.45, 2.75) is 25.5 Å². The van der Waals surface area contributed by atoms with Gasteiger partial charge in [0, 0.05) is 0 Å². The van der Waals surface area contributed by atoms with E-state index < -0.39 is 0 Å². The molecule has 2 heterocycles. The van der Waals surface area contributed by atoms with E-state index in [0.717, 1.165) is 18.7 Å². The molecule has 1 aliphatic rings. The van der Waals surface area contributed by atoms with Gasteiger partial charge in [-0.2, -0.15) is 0 Å². The number of hydrogen-bond acceptors (Lipinski definition) is 4. The third-order valence-corrected chi connectivity index (χ3v) is 2.68. The zero-order valence-electron chi connectivity index (χ0n) is 9.65. The maximum Gasteiger partial charge on any atom is 0.123 e. The molecule has 16 heavy (non-hydrogen) atoms. The van der Waals surface area contributed by atoms with Gasteiger partial charge in [-0.05, 0) is 25.1 Å². The van der Waals surface area contributed by atoms with Gasteiger partial charge in [0.15, 0.2) is 0 Å². The molecule has 1 aromatic heterocycles. The molecule has 2 rings (SSSR count). The second-order valence-electron chi connectivity index (χ2n) is 3.93. The monoisotopic (exact) mass is 225 g/mol. The summed E-state index contributed by atoms with van der Waals surface area (Å²) >= 11 is 0. The first kappa shape index (κ1) is 11.6. The van der Waals surface area contributed by atoms with E-state index >= 15 is 0 Å². The van der Waals surface area contributed by atoms with Crippen LogP contribution in [0.15, 0.2) is 22.8 Å². The molecule has 1 fully saturated rings. The van der Waals surface area contributed by atoms with E-state index in [4.69, 9.17) is 13.9 Å². The van der Waals surface area contributed by atoms with Gasteiger partial charge in [-0.25, -0.2) is 0 Å². The lowest BCUT2D eigenvalue weighted by Gasteiger charge is -2.29. The summed E-state index contributed by atoms with van der Waals surface area (Å²) in [6.45, 7) is 5.07. The molecule has 0 aliphatic carbocycles. The Morgan fingerprint density at radius 1 is 1.50 bits per heavy atom. The molecule has 0 bridgehead atoms. The van der Waals surface area contributed by atoms with Crippen LogP contribution in [0, 0.1) is 0 Å².